The lowest BCUT2D eigenvalue weighted by Crippen LogP contribution is -1.89. The van der Waals surface area contributed by atoms with Crippen molar-refractivity contribution in [3.05, 3.63) is 48.7 Å². The lowest BCUT2D eigenvalue weighted by atomic mass is 10.1. The summed E-state index contributed by atoms with van der Waals surface area (Å²) in [7, 11) is 3.80. The minimum Gasteiger partial charge on any atom is -0.497 e. The van der Waals surface area contributed by atoms with Crippen LogP contribution in [-0.4, -0.2) is 16.7 Å². The maximum atomic E-state index is 5.34. The summed E-state index contributed by atoms with van der Waals surface area (Å²) in [6.07, 6.45) is 1.96. The van der Waals surface area contributed by atoms with E-state index in [1.165, 1.54) is 27.2 Å². The van der Waals surface area contributed by atoms with Crippen molar-refractivity contribution in [3.63, 3.8) is 0 Å². The summed E-state index contributed by atoms with van der Waals surface area (Å²) in [5, 5.41) is 3.53. The van der Waals surface area contributed by atoms with Crippen LogP contribution in [0.5, 0.6) is 5.75 Å². The average Bonchev–Trinajstić information content (AvgIpc) is 2.80. The van der Waals surface area contributed by atoms with Crippen LogP contribution in [0.15, 0.2) is 48.7 Å². The average molecular weight is 262 g/mol. The number of methoxy groups -OCH3 is 1. The van der Waals surface area contributed by atoms with Crippen molar-refractivity contribution in [2.24, 2.45) is 7.05 Å². The third kappa shape index (κ3) is 1.37. The number of hydrogen-bond donors (Lipinski definition) is 0. The number of nitrogens with zero attached hydrogens (tertiary/aromatic N) is 2. The van der Waals surface area contributed by atoms with Crippen LogP contribution in [0.1, 0.15) is 0 Å². The van der Waals surface area contributed by atoms with Gasteiger partial charge in [0.05, 0.1) is 18.1 Å². The van der Waals surface area contributed by atoms with Gasteiger partial charge in [0, 0.05) is 34.9 Å². The summed E-state index contributed by atoms with van der Waals surface area (Å²) >= 11 is 0. The Morgan fingerprint density at radius 2 is 1.85 bits per heavy atom. The van der Waals surface area contributed by atoms with E-state index < -0.39 is 0 Å². The van der Waals surface area contributed by atoms with Gasteiger partial charge in [-0.15, -0.1) is 0 Å². The van der Waals surface area contributed by atoms with Crippen LogP contribution >= 0.6 is 0 Å². The van der Waals surface area contributed by atoms with E-state index in [2.05, 4.69) is 40.9 Å². The molecule has 0 atom stereocenters. The van der Waals surface area contributed by atoms with Crippen molar-refractivity contribution in [1.29, 1.82) is 0 Å². The summed E-state index contributed by atoms with van der Waals surface area (Å²) in [6.45, 7) is 0. The Labute approximate surface area is 116 Å². The number of hydrogen-bond acceptors (Lipinski definition) is 2. The van der Waals surface area contributed by atoms with Gasteiger partial charge in [0.15, 0.2) is 0 Å². The Bertz CT molecular complexity index is 953. The fourth-order valence-corrected chi connectivity index (χ4v) is 2.96. The van der Waals surface area contributed by atoms with Crippen molar-refractivity contribution < 1.29 is 4.74 Å². The van der Waals surface area contributed by atoms with Crippen LogP contribution in [0.25, 0.3) is 32.7 Å². The number of para-hydroxylation sites is 1. The van der Waals surface area contributed by atoms with Gasteiger partial charge in [-0.2, -0.15) is 0 Å². The van der Waals surface area contributed by atoms with Crippen molar-refractivity contribution in [2.75, 3.05) is 7.11 Å². The Balaban J connectivity index is 2.27. The molecule has 3 nitrogen and oxygen atoms in total. The molecule has 0 fully saturated rings. The molecular weight excluding hydrogens is 248 g/mol. The molecule has 2 heterocycles. The third-order valence-corrected chi connectivity index (χ3v) is 3.94. The molecule has 98 valence electrons. The second-order valence-corrected chi connectivity index (χ2v) is 4.98. The van der Waals surface area contributed by atoms with Gasteiger partial charge in [-0.1, -0.05) is 18.2 Å². The smallest absolute Gasteiger partial charge is 0.119 e. The predicted octanol–water partition coefficient (Wildman–Crippen LogP) is 3.89. The van der Waals surface area contributed by atoms with Gasteiger partial charge in [0.2, 0.25) is 0 Å². The lowest BCUT2D eigenvalue weighted by molar-refractivity contribution is 0.415. The zero-order valence-corrected chi connectivity index (χ0v) is 11.4. The first kappa shape index (κ1) is 11.3. The van der Waals surface area contributed by atoms with E-state index in [9.17, 15) is 0 Å². The molecule has 20 heavy (non-hydrogen) atoms. The van der Waals surface area contributed by atoms with Gasteiger partial charge in [0.1, 0.15) is 5.75 Å². The molecule has 0 N–H and O–H groups in total. The molecule has 0 bridgehead atoms. The molecule has 0 aliphatic rings. The minimum absolute atomic E-state index is 0.873. The Morgan fingerprint density at radius 1 is 1.00 bits per heavy atom. The molecule has 0 radical (unpaired) electrons. The quantitative estimate of drug-likeness (QED) is 0.520. The zero-order valence-electron chi connectivity index (χ0n) is 11.4. The van der Waals surface area contributed by atoms with Crippen LogP contribution < -0.4 is 4.74 Å². The molecule has 0 aliphatic heterocycles. The number of aromatic nitrogens is 2. The monoisotopic (exact) mass is 262 g/mol. The molecule has 2 aromatic carbocycles. The normalized spacial score (nSPS) is 11.5. The maximum Gasteiger partial charge on any atom is 0.119 e. The number of aryl methyl sites for hydroxylation is 1. The largest absolute Gasteiger partial charge is 0.497 e. The van der Waals surface area contributed by atoms with Crippen LogP contribution in [0.2, 0.25) is 0 Å². The molecule has 4 aromatic rings. The minimum atomic E-state index is 0.873. The SMILES string of the molecule is COc1ccc2c(c1)c1cnc3ccccc3c1n2C. The van der Waals surface area contributed by atoms with E-state index in [0.717, 1.165) is 11.3 Å². The van der Waals surface area contributed by atoms with Crippen LogP contribution in [0, 0.1) is 0 Å². The predicted molar refractivity (Wildman–Crippen MR) is 82.3 cm³/mol. The third-order valence-electron chi connectivity index (χ3n) is 3.94. The van der Waals surface area contributed by atoms with E-state index in [1.807, 2.05) is 24.4 Å². The molecule has 3 heteroatoms. The van der Waals surface area contributed by atoms with E-state index in [0.29, 0.717) is 0 Å². The van der Waals surface area contributed by atoms with E-state index >= 15 is 0 Å². The molecule has 0 amide bonds. The van der Waals surface area contributed by atoms with E-state index in [1.54, 1.807) is 7.11 Å². The fourth-order valence-electron chi connectivity index (χ4n) is 2.96. The topological polar surface area (TPSA) is 27.1 Å². The van der Waals surface area contributed by atoms with Gasteiger partial charge in [-0.05, 0) is 24.3 Å². The highest BCUT2D eigenvalue weighted by Gasteiger charge is 2.12. The molecule has 0 spiro atoms. The highest BCUT2D eigenvalue weighted by molar-refractivity contribution is 6.16. The van der Waals surface area contributed by atoms with E-state index in [-0.39, 0.29) is 0 Å². The second kappa shape index (κ2) is 3.97. The van der Waals surface area contributed by atoms with Gasteiger partial charge < -0.3 is 9.30 Å². The van der Waals surface area contributed by atoms with Crippen LogP contribution in [-0.2, 0) is 7.05 Å². The number of pyridine rings is 1. The highest BCUT2D eigenvalue weighted by atomic mass is 16.5. The first-order valence-corrected chi connectivity index (χ1v) is 6.59. The molecule has 0 aliphatic carbocycles. The van der Waals surface area contributed by atoms with Gasteiger partial charge in [0.25, 0.3) is 0 Å². The van der Waals surface area contributed by atoms with Crippen molar-refractivity contribution >= 4 is 32.7 Å². The molecule has 0 saturated carbocycles. The number of ether oxygens (including phenoxy) is 1. The van der Waals surface area contributed by atoms with Crippen molar-refractivity contribution in [1.82, 2.24) is 9.55 Å². The molecule has 2 aromatic heterocycles. The first-order chi connectivity index (χ1) is 9.79. The summed E-state index contributed by atoms with van der Waals surface area (Å²) in [5.41, 5.74) is 3.44. The fraction of sp³-hybridized carbons (Fsp3) is 0.118. The highest BCUT2D eigenvalue weighted by Crippen LogP contribution is 2.33. The molecule has 0 unspecified atom stereocenters. The van der Waals surface area contributed by atoms with Gasteiger partial charge in [-0.3, -0.25) is 4.98 Å². The lowest BCUT2D eigenvalue weighted by Gasteiger charge is -2.02. The molecular formula is C17H14N2O. The summed E-state index contributed by atoms with van der Waals surface area (Å²) in [5.74, 6) is 0.873. The van der Waals surface area contributed by atoms with E-state index in [4.69, 9.17) is 4.74 Å². The molecule has 0 saturated heterocycles. The Kier molecular flexibility index (Phi) is 2.24. The first-order valence-electron chi connectivity index (χ1n) is 6.59. The van der Waals surface area contributed by atoms with Gasteiger partial charge >= 0.3 is 0 Å². The summed E-state index contributed by atoms with van der Waals surface area (Å²) < 4.78 is 7.57. The standard InChI is InChI=1S/C17H14N2O/c1-19-16-8-7-11(20-2)9-13(16)14-10-18-15-6-4-3-5-12(15)17(14)19/h3-10H,1-2H3. The summed E-state index contributed by atoms with van der Waals surface area (Å²) in [6, 6.07) is 14.4. The Hall–Kier alpha value is -2.55. The second-order valence-electron chi connectivity index (χ2n) is 4.98. The van der Waals surface area contributed by atoms with Crippen molar-refractivity contribution in [2.45, 2.75) is 0 Å². The number of fused-ring (bicyclic) bond motifs is 5. The summed E-state index contributed by atoms with van der Waals surface area (Å²) in [4.78, 5) is 4.57. The van der Waals surface area contributed by atoms with Crippen molar-refractivity contribution in [3.8, 4) is 5.75 Å². The molecule has 4 rings (SSSR count). The van der Waals surface area contributed by atoms with Gasteiger partial charge in [-0.25, -0.2) is 0 Å². The van der Waals surface area contributed by atoms with Crippen LogP contribution in [0.4, 0.5) is 0 Å². The maximum absolute atomic E-state index is 5.34. The van der Waals surface area contributed by atoms with Crippen LogP contribution in [0.3, 0.4) is 0 Å². The zero-order chi connectivity index (χ0) is 13.7. The Morgan fingerprint density at radius 3 is 2.70 bits per heavy atom. The number of rotatable bonds is 1. The number of benzene rings is 2.